The summed E-state index contributed by atoms with van der Waals surface area (Å²) >= 11 is 1.63. The molecule has 3 aromatic rings. The normalized spacial score (nSPS) is 18.0. The van der Waals surface area contributed by atoms with Crippen LogP contribution in [0.1, 0.15) is 41.5 Å². The van der Waals surface area contributed by atoms with Gasteiger partial charge in [-0.1, -0.05) is 0 Å². The lowest BCUT2D eigenvalue weighted by molar-refractivity contribution is 0.235. The summed E-state index contributed by atoms with van der Waals surface area (Å²) in [6, 6.07) is 0. The number of methoxy groups -OCH3 is 1. The fourth-order valence-corrected chi connectivity index (χ4v) is 4.12. The van der Waals surface area contributed by atoms with Crippen LogP contribution in [0, 0.1) is 0 Å². The third-order valence-corrected chi connectivity index (χ3v) is 5.62. The van der Waals surface area contributed by atoms with Gasteiger partial charge in [0.05, 0.1) is 7.11 Å². The molecule has 6 nitrogen and oxygen atoms in total. The minimum absolute atomic E-state index is 0.622. The Morgan fingerprint density at radius 1 is 1.33 bits per heavy atom. The smallest absolute Gasteiger partial charge is 0.237 e. The zero-order valence-corrected chi connectivity index (χ0v) is 14.4. The van der Waals surface area contributed by atoms with E-state index < -0.39 is 0 Å². The molecule has 0 saturated heterocycles. The first kappa shape index (κ1) is 14.4. The molecule has 0 bridgehead atoms. The van der Waals surface area contributed by atoms with Gasteiger partial charge in [-0.3, -0.25) is 9.30 Å². The van der Waals surface area contributed by atoms with Crippen LogP contribution in [-0.2, 0) is 19.5 Å². The molecular weight excluding hydrogens is 322 g/mol. The van der Waals surface area contributed by atoms with Gasteiger partial charge in [-0.15, -0.1) is 11.3 Å². The van der Waals surface area contributed by atoms with Gasteiger partial charge in [0.1, 0.15) is 11.5 Å². The van der Waals surface area contributed by atoms with E-state index in [2.05, 4.69) is 30.8 Å². The van der Waals surface area contributed by atoms with Gasteiger partial charge in [0.15, 0.2) is 4.96 Å². The predicted molar refractivity (Wildman–Crippen MR) is 91.4 cm³/mol. The Hall–Kier alpha value is -1.99. The van der Waals surface area contributed by atoms with Gasteiger partial charge in [0, 0.05) is 61.0 Å². The van der Waals surface area contributed by atoms with Crippen LogP contribution < -0.4 is 4.74 Å². The number of fused-ring (bicyclic) bond motifs is 2. The molecule has 0 amide bonds. The summed E-state index contributed by atoms with van der Waals surface area (Å²) in [5.74, 6) is 2.41. The van der Waals surface area contributed by atoms with Crippen LogP contribution in [0.3, 0.4) is 0 Å². The highest BCUT2D eigenvalue weighted by Crippen LogP contribution is 2.38. The van der Waals surface area contributed by atoms with E-state index in [0.717, 1.165) is 48.4 Å². The SMILES string of the molecule is COc1nc2sccn2c1CN1CCc2nc(C3CC3)ncc2C1. The minimum atomic E-state index is 0.622. The van der Waals surface area contributed by atoms with E-state index in [4.69, 9.17) is 9.72 Å². The Kier molecular flexibility index (Phi) is 3.31. The monoisotopic (exact) mass is 341 g/mol. The second-order valence-corrected chi connectivity index (χ2v) is 7.43. The third kappa shape index (κ3) is 2.39. The summed E-state index contributed by atoms with van der Waals surface area (Å²) < 4.78 is 7.60. The predicted octanol–water partition coefficient (Wildman–Crippen LogP) is 2.63. The van der Waals surface area contributed by atoms with Gasteiger partial charge >= 0.3 is 0 Å². The van der Waals surface area contributed by atoms with Crippen molar-refractivity contribution in [1.82, 2.24) is 24.3 Å². The lowest BCUT2D eigenvalue weighted by atomic mass is 10.1. The number of hydrogen-bond acceptors (Lipinski definition) is 6. The third-order valence-electron chi connectivity index (χ3n) is 4.87. The van der Waals surface area contributed by atoms with Gasteiger partial charge < -0.3 is 4.74 Å². The maximum absolute atomic E-state index is 5.47. The number of thiazole rings is 1. The summed E-state index contributed by atoms with van der Waals surface area (Å²) in [6.45, 7) is 2.72. The number of imidazole rings is 1. The van der Waals surface area contributed by atoms with Crippen molar-refractivity contribution in [3.63, 3.8) is 0 Å². The molecule has 1 fully saturated rings. The second-order valence-electron chi connectivity index (χ2n) is 6.56. The first-order valence-corrected chi connectivity index (χ1v) is 9.25. The highest BCUT2D eigenvalue weighted by molar-refractivity contribution is 7.15. The molecule has 1 aliphatic heterocycles. The number of rotatable bonds is 4. The van der Waals surface area contributed by atoms with E-state index in [1.54, 1.807) is 18.4 Å². The van der Waals surface area contributed by atoms with E-state index in [9.17, 15) is 0 Å². The summed E-state index contributed by atoms with van der Waals surface area (Å²) in [5, 5.41) is 2.06. The summed E-state index contributed by atoms with van der Waals surface area (Å²) in [7, 11) is 1.69. The lowest BCUT2D eigenvalue weighted by Crippen LogP contribution is -2.31. The van der Waals surface area contributed by atoms with Crippen LogP contribution in [-0.4, -0.2) is 37.9 Å². The average Bonchev–Trinajstić information content (AvgIpc) is 3.27. The quantitative estimate of drug-likeness (QED) is 0.730. The van der Waals surface area contributed by atoms with Crippen LogP contribution in [0.5, 0.6) is 5.88 Å². The van der Waals surface area contributed by atoms with E-state index in [-0.39, 0.29) is 0 Å². The first-order chi connectivity index (χ1) is 11.8. The van der Waals surface area contributed by atoms with Gasteiger partial charge in [0.25, 0.3) is 0 Å². The molecule has 0 unspecified atom stereocenters. The highest BCUT2D eigenvalue weighted by atomic mass is 32.1. The van der Waals surface area contributed by atoms with Crippen LogP contribution in [0.25, 0.3) is 4.96 Å². The number of aromatic nitrogens is 4. The number of hydrogen-bond donors (Lipinski definition) is 0. The fourth-order valence-electron chi connectivity index (χ4n) is 3.40. The molecule has 1 saturated carbocycles. The molecular formula is C17H19N5OS. The number of ether oxygens (including phenoxy) is 1. The Labute approximate surface area is 144 Å². The van der Waals surface area contributed by atoms with Gasteiger partial charge in [-0.25, -0.2) is 9.97 Å². The Morgan fingerprint density at radius 2 is 2.25 bits per heavy atom. The molecule has 0 N–H and O–H groups in total. The van der Waals surface area contributed by atoms with E-state index in [1.807, 2.05) is 6.20 Å². The lowest BCUT2D eigenvalue weighted by Gasteiger charge is -2.27. The zero-order chi connectivity index (χ0) is 16.1. The molecule has 5 rings (SSSR count). The molecule has 0 radical (unpaired) electrons. The summed E-state index contributed by atoms with van der Waals surface area (Å²) in [4.78, 5) is 17.3. The molecule has 7 heteroatoms. The van der Waals surface area contributed by atoms with Crippen molar-refractivity contribution < 1.29 is 4.74 Å². The molecule has 0 atom stereocenters. The highest BCUT2D eigenvalue weighted by Gasteiger charge is 2.28. The Morgan fingerprint density at radius 3 is 3.08 bits per heavy atom. The standard InChI is InChI=1S/C17H19N5OS/c1-23-16-14(22-6-7-24-17(22)20-16)10-21-5-4-13-12(9-21)8-18-15(19-13)11-2-3-11/h6-8,11H,2-5,9-10H2,1H3. The summed E-state index contributed by atoms with van der Waals surface area (Å²) in [6.07, 6.45) is 7.60. The molecule has 4 heterocycles. The van der Waals surface area contributed by atoms with Crippen molar-refractivity contribution in [2.45, 2.75) is 38.3 Å². The van der Waals surface area contributed by atoms with Crippen LogP contribution in [0.2, 0.25) is 0 Å². The maximum atomic E-state index is 5.47. The van der Waals surface area contributed by atoms with Crippen molar-refractivity contribution in [1.29, 1.82) is 0 Å². The molecule has 124 valence electrons. The van der Waals surface area contributed by atoms with E-state index in [0.29, 0.717) is 5.92 Å². The molecule has 24 heavy (non-hydrogen) atoms. The van der Waals surface area contributed by atoms with E-state index in [1.165, 1.54) is 24.1 Å². The fraction of sp³-hybridized carbons (Fsp3) is 0.471. The second kappa shape index (κ2) is 5.53. The van der Waals surface area contributed by atoms with Crippen molar-refractivity contribution in [2.24, 2.45) is 0 Å². The van der Waals surface area contributed by atoms with Crippen molar-refractivity contribution in [3.8, 4) is 5.88 Å². The van der Waals surface area contributed by atoms with Crippen LogP contribution in [0.15, 0.2) is 17.8 Å². The van der Waals surface area contributed by atoms with Gasteiger partial charge in [0.2, 0.25) is 5.88 Å². The van der Waals surface area contributed by atoms with Crippen molar-refractivity contribution >= 4 is 16.3 Å². The minimum Gasteiger partial charge on any atom is -0.480 e. The Balaban J connectivity index is 1.39. The molecule has 1 aliphatic carbocycles. The maximum Gasteiger partial charge on any atom is 0.237 e. The first-order valence-electron chi connectivity index (χ1n) is 8.37. The topological polar surface area (TPSA) is 55.6 Å². The van der Waals surface area contributed by atoms with Crippen molar-refractivity contribution in [3.05, 3.63) is 40.5 Å². The average molecular weight is 341 g/mol. The summed E-state index contributed by atoms with van der Waals surface area (Å²) in [5.41, 5.74) is 3.62. The van der Waals surface area contributed by atoms with Gasteiger partial charge in [-0.2, -0.15) is 4.98 Å². The van der Waals surface area contributed by atoms with Crippen molar-refractivity contribution in [2.75, 3.05) is 13.7 Å². The molecule has 0 spiro atoms. The molecule has 2 aliphatic rings. The van der Waals surface area contributed by atoms with E-state index >= 15 is 0 Å². The van der Waals surface area contributed by atoms with Gasteiger partial charge in [-0.05, 0) is 12.8 Å². The van der Waals surface area contributed by atoms with Crippen LogP contribution in [0.4, 0.5) is 0 Å². The van der Waals surface area contributed by atoms with Crippen LogP contribution >= 0.6 is 11.3 Å². The number of nitrogens with zero attached hydrogens (tertiary/aromatic N) is 5. The Bertz CT molecular complexity index is 898. The molecule has 3 aromatic heterocycles. The largest absolute Gasteiger partial charge is 0.480 e. The molecule has 0 aromatic carbocycles. The zero-order valence-electron chi connectivity index (χ0n) is 13.6.